The van der Waals surface area contributed by atoms with Gasteiger partial charge < -0.3 is 20.3 Å². The third kappa shape index (κ3) is 6.16. The number of carbonyl (C=O) groups excluding carboxylic acids is 1. The van der Waals surface area contributed by atoms with E-state index in [9.17, 15) is 18.0 Å². The first kappa shape index (κ1) is 20.5. The number of alkyl halides is 3. The van der Waals surface area contributed by atoms with Crippen LogP contribution in [0.3, 0.4) is 0 Å². The third-order valence-corrected chi connectivity index (χ3v) is 3.40. The van der Waals surface area contributed by atoms with Crippen molar-refractivity contribution in [2.75, 3.05) is 13.2 Å². The minimum atomic E-state index is -5.08. The molecule has 2 saturated heterocycles. The summed E-state index contributed by atoms with van der Waals surface area (Å²) in [5.74, 6) is -2.76. The van der Waals surface area contributed by atoms with Crippen molar-refractivity contribution in [1.82, 2.24) is 4.90 Å². The van der Waals surface area contributed by atoms with Gasteiger partial charge in [-0.2, -0.15) is 13.2 Å². The summed E-state index contributed by atoms with van der Waals surface area (Å²) < 4.78 is 42.7. The van der Waals surface area contributed by atoms with E-state index >= 15 is 0 Å². The molecule has 2 heterocycles. The maximum atomic E-state index is 12.1. The third-order valence-electron chi connectivity index (χ3n) is 3.40. The van der Waals surface area contributed by atoms with Crippen LogP contribution < -0.4 is 5.73 Å². The number of amides is 1. The number of aliphatic carboxylic acids is 1. The molecule has 1 amide bonds. The van der Waals surface area contributed by atoms with E-state index < -0.39 is 17.7 Å². The number of halogens is 3. The topological polar surface area (TPSA) is 102 Å². The first-order valence-corrected chi connectivity index (χ1v) is 7.46. The number of piperidine rings is 1. The molecular formula is C14H23F3N2O5. The molecule has 140 valence electrons. The number of rotatable bonds is 0. The lowest BCUT2D eigenvalue weighted by Gasteiger charge is -2.47. The van der Waals surface area contributed by atoms with Crippen molar-refractivity contribution < 1.29 is 37.3 Å². The largest absolute Gasteiger partial charge is 0.490 e. The molecule has 0 aromatic heterocycles. The van der Waals surface area contributed by atoms with Gasteiger partial charge in [-0.25, -0.2) is 9.59 Å². The second-order valence-electron chi connectivity index (χ2n) is 6.77. The van der Waals surface area contributed by atoms with Gasteiger partial charge in [-0.3, -0.25) is 4.90 Å². The van der Waals surface area contributed by atoms with Crippen molar-refractivity contribution >= 4 is 12.1 Å². The number of carboxylic acids is 1. The Balaban J connectivity index is 0.000000351. The fraction of sp³-hybridized carbons (Fsp3) is 0.857. The van der Waals surface area contributed by atoms with E-state index in [1.54, 1.807) is 0 Å². The average Bonchev–Trinajstić information content (AvgIpc) is 2.34. The van der Waals surface area contributed by atoms with Crippen molar-refractivity contribution in [3.63, 3.8) is 0 Å². The number of carboxylic acid groups (broad SMARTS) is 1. The van der Waals surface area contributed by atoms with Gasteiger partial charge in [-0.05, 0) is 33.6 Å². The highest BCUT2D eigenvalue weighted by Crippen LogP contribution is 2.28. The van der Waals surface area contributed by atoms with Crippen LogP contribution in [-0.2, 0) is 14.3 Å². The molecule has 0 radical (unpaired) electrons. The fourth-order valence-corrected chi connectivity index (χ4v) is 2.57. The van der Waals surface area contributed by atoms with Crippen LogP contribution in [-0.4, -0.2) is 65.2 Å². The normalized spacial score (nSPS) is 27.0. The monoisotopic (exact) mass is 356 g/mol. The molecule has 0 aromatic carbocycles. The number of hydrogen-bond donors (Lipinski definition) is 2. The summed E-state index contributed by atoms with van der Waals surface area (Å²) in [5.41, 5.74) is 5.53. The average molecular weight is 356 g/mol. The number of nitrogens with zero attached hydrogens (tertiary/aromatic N) is 1. The van der Waals surface area contributed by atoms with Crippen LogP contribution in [0, 0.1) is 0 Å². The lowest BCUT2D eigenvalue weighted by atomic mass is 9.91. The molecule has 2 rings (SSSR count). The van der Waals surface area contributed by atoms with Crippen molar-refractivity contribution in [2.24, 2.45) is 5.73 Å². The quantitative estimate of drug-likeness (QED) is 0.685. The Morgan fingerprint density at radius 1 is 1.17 bits per heavy atom. The van der Waals surface area contributed by atoms with Gasteiger partial charge in [-0.15, -0.1) is 0 Å². The Bertz CT molecular complexity index is 450. The number of fused-ring (bicyclic) bond motifs is 2. The standard InChI is InChI=1S/C12H22N2O3.C2HF3O2/c1-12(2,3)17-11(15)14-9-4-8(13)5-10(14)7-16-6-9;3-2(4,5)1(6)7/h8-10H,4-7,13H2,1-3H3;(H,6,7)/t8?,9-,10+;. The van der Waals surface area contributed by atoms with Crippen LogP contribution in [0.25, 0.3) is 0 Å². The summed E-state index contributed by atoms with van der Waals surface area (Å²) in [6.45, 7) is 6.79. The van der Waals surface area contributed by atoms with E-state index in [0.717, 1.165) is 12.8 Å². The van der Waals surface area contributed by atoms with Gasteiger partial charge in [0, 0.05) is 6.04 Å². The Labute approximate surface area is 137 Å². The molecule has 7 nitrogen and oxygen atoms in total. The Kier molecular flexibility index (Phi) is 6.45. The van der Waals surface area contributed by atoms with Crippen molar-refractivity contribution in [3.8, 4) is 0 Å². The molecular weight excluding hydrogens is 333 g/mol. The highest BCUT2D eigenvalue weighted by Gasteiger charge is 2.42. The predicted octanol–water partition coefficient (Wildman–Crippen LogP) is 1.75. The zero-order valence-corrected chi connectivity index (χ0v) is 13.8. The molecule has 2 bridgehead atoms. The SMILES string of the molecule is CC(C)(C)OC(=O)N1[C@@H]2COC[C@H]1CC(N)C2.O=C(O)C(F)(F)F. The molecule has 0 aromatic rings. The molecule has 3 N–H and O–H groups in total. The first-order valence-electron chi connectivity index (χ1n) is 7.46. The lowest BCUT2D eigenvalue weighted by Crippen LogP contribution is -2.62. The van der Waals surface area contributed by atoms with E-state index in [-0.39, 0.29) is 24.2 Å². The van der Waals surface area contributed by atoms with Crippen LogP contribution in [0.15, 0.2) is 0 Å². The highest BCUT2D eigenvalue weighted by molar-refractivity contribution is 5.73. The van der Waals surface area contributed by atoms with Gasteiger partial charge in [0.25, 0.3) is 0 Å². The Morgan fingerprint density at radius 2 is 1.58 bits per heavy atom. The minimum Gasteiger partial charge on any atom is -0.475 e. The molecule has 0 saturated carbocycles. The number of morpholine rings is 1. The first-order chi connectivity index (χ1) is 10.8. The van der Waals surface area contributed by atoms with Gasteiger partial charge in [0.05, 0.1) is 25.3 Å². The van der Waals surface area contributed by atoms with Gasteiger partial charge >= 0.3 is 18.2 Å². The van der Waals surface area contributed by atoms with E-state index in [4.69, 9.17) is 25.1 Å². The lowest BCUT2D eigenvalue weighted by molar-refractivity contribution is -0.192. The molecule has 2 aliphatic heterocycles. The molecule has 0 spiro atoms. The van der Waals surface area contributed by atoms with Crippen LogP contribution in [0.5, 0.6) is 0 Å². The summed E-state index contributed by atoms with van der Waals surface area (Å²) >= 11 is 0. The molecule has 24 heavy (non-hydrogen) atoms. The Hall–Kier alpha value is -1.55. The van der Waals surface area contributed by atoms with E-state index in [1.165, 1.54) is 0 Å². The summed E-state index contributed by atoms with van der Waals surface area (Å²) in [6, 6.07) is 0.326. The second-order valence-corrected chi connectivity index (χ2v) is 6.77. The molecule has 2 fully saturated rings. The maximum Gasteiger partial charge on any atom is 0.490 e. The Morgan fingerprint density at radius 3 is 1.92 bits per heavy atom. The molecule has 10 heteroatoms. The highest BCUT2D eigenvalue weighted by atomic mass is 19.4. The van der Waals surface area contributed by atoms with Crippen LogP contribution in [0.2, 0.25) is 0 Å². The van der Waals surface area contributed by atoms with Gasteiger partial charge in [0.15, 0.2) is 0 Å². The smallest absolute Gasteiger partial charge is 0.475 e. The fourth-order valence-electron chi connectivity index (χ4n) is 2.57. The van der Waals surface area contributed by atoms with E-state index in [1.807, 2.05) is 25.7 Å². The summed E-state index contributed by atoms with van der Waals surface area (Å²) in [5, 5.41) is 7.12. The number of ether oxygens (including phenoxy) is 2. The van der Waals surface area contributed by atoms with Gasteiger partial charge in [0.2, 0.25) is 0 Å². The molecule has 1 unspecified atom stereocenters. The number of nitrogens with two attached hydrogens (primary N) is 1. The number of hydrogen-bond acceptors (Lipinski definition) is 5. The van der Waals surface area contributed by atoms with Crippen molar-refractivity contribution in [3.05, 3.63) is 0 Å². The molecule has 0 aliphatic carbocycles. The molecule has 2 aliphatic rings. The van der Waals surface area contributed by atoms with E-state index in [2.05, 4.69) is 0 Å². The second kappa shape index (κ2) is 7.56. The summed E-state index contributed by atoms with van der Waals surface area (Å²) in [7, 11) is 0. The zero-order valence-electron chi connectivity index (χ0n) is 13.8. The maximum absolute atomic E-state index is 12.1. The van der Waals surface area contributed by atoms with Crippen molar-refractivity contribution in [1.29, 1.82) is 0 Å². The number of carbonyl (C=O) groups is 2. The molecule has 3 atom stereocenters. The van der Waals surface area contributed by atoms with Gasteiger partial charge in [-0.1, -0.05) is 0 Å². The van der Waals surface area contributed by atoms with Gasteiger partial charge in [0.1, 0.15) is 5.60 Å². The zero-order chi connectivity index (χ0) is 18.7. The van der Waals surface area contributed by atoms with Crippen LogP contribution in [0.1, 0.15) is 33.6 Å². The predicted molar refractivity (Wildman–Crippen MR) is 77.4 cm³/mol. The van der Waals surface area contributed by atoms with E-state index in [0.29, 0.717) is 13.2 Å². The minimum absolute atomic E-state index is 0.0762. The van der Waals surface area contributed by atoms with Crippen LogP contribution >= 0.6 is 0 Å². The van der Waals surface area contributed by atoms with Crippen molar-refractivity contribution in [2.45, 2.75) is 63.5 Å². The summed E-state index contributed by atoms with van der Waals surface area (Å²) in [6.07, 6.45) is -3.71. The van der Waals surface area contributed by atoms with Crippen LogP contribution in [0.4, 0.5) is 18.0 Å². The summed E-state index contributed by atoms with van der Waals surface area (Å²) in [4.78, 5) is 22.9.